The van der Waals surface area contributed by atoms with Gasteiger partial charge < -0.3 is 10.2 Å². The lowest BCUT2D eigenvalue weighted by Gasteiger charge is -2.26. The van der Waals surface area contributed by atoms with Gasteiger partial charge in [-0.2, -0.15) is 4.31 Å². The van der Waals surface area contributed by atoms with Gasteiger partial charge in [0.2, 0.25) is 15.9 Å². The Kier molecular flexibility index (Phi) is 7.46. The van der Waals surface area contributed by atoms with Crippen molar-refractivity contribution in [3.8, 4) is 0 Å². The van der Waals surface area contributed by atoms with Crippen LogP contribution in [0.15, 0.2) is 48.5 Å². The largest absolute Gasteiger partial charge is 0.339 e. The van der Waals surface area contributed by atoms with E-state index in [0.717, 1.165) is 54.0 Å². The number of carbonyl (C=O) groups excluding carboxylic acids is 2. The molecule has 1 aliphatic rings. The van der Waals surface area contributed by atoms with Crippen LogP contribution in [0.5, 0.6) is 0 Å². The molecule has 2 aromatic rings. The number of benzene rings is 2. The van der Waals surface area contributed by atoms with Crippen molar-refractivity contribution in [3.05, 3.63) is 65.2 Å². The molecule has 1 heterocycles. The quantitative estimate of drug-likeness (QED) is 0.713. The number of anilines is 1. The van der Waals surface area contributed by atoms with Crippen molar-refractivity contribution in [1.29, 1.82) is 0 Å². The van der Waals surface area contributed by atoms with E-state index in [2.05, 4.69) is 5.32 Å². The van der Waals surface area contributed by atoms with Crippen molar-refractivity contribution in [2.75, 3.05) is 31.2 Å². The third kappa shape index (κ3) is 6.63. The van der Waals surface area contributed by atoms with Gasteiger partial charge in [-0.05, 0) is 56.0 Å². The van der Waals surface area contributed by atoms with Gasteiger partial charge in [0.15, 0.2) is 0 Å². The van der Waals surface area contributed by atoms with Crippen LogP contribution in [0.4, 0.5) is 5.69 Å². The highest BCUT2D eigenvalue weighted by molar-refractivity contribution is 7.88. The molecule has 8 heteroatoms. The number of aryl methyl sites for hydroxylation is 1. The van der Waals surface area contributed by atoms with Crippen molar-refractivity contribution in [2.45, 2.75) is 32.7 Å². The Morgan fingerprint density at radius 1 is 0.968 bits per heavy atom. The molecule has 0 atom stereocenters. The fourth-order valence-electron chi connectivity index (χ4n) is 3.52. The van der Waals surface area contributed by atoms with Gasteiger partial charge in [-0.3, -0.25) is 9.59 Å². The Hall–Kier alpha value is -2.71. The van der Waals surface area contributed by atoms with E-state index in [0.29, 0.717) is 11.3 Å². The maximum absolute atomic E-state index is 12.5. The number of hydrogen-bond donors (Lipinski definition) is 1. The van der Waals surface area contributed by atoms with Crippen LogP contribution in [0.25, 0.3) is 0 Å². The highest BCUT2D eigenvalue weighted by Gasteiger charge is 2.21. The second kappa shape index (κ2) is 10.1. The SMILES string of the molecule is Cc1ccc(CN(CC(=O)Nc2ccc(C(=O)N3CCCCC3)cc2)S(C)(=O)=O)cc1. The Balaban J connectivity index is 1.61. The maximum Gasteiger partial charge on any atom is 0.253 e. The van der Waals surface area contributed by atoms with Gasteiger partial charge in [-0.25, -0.2) is 8.42 Å². The van der Waals surface area contributed by atoms with Crippen molar-refractivity contribution in [1.82, 2.24) is 9.21 Å². The summed E-state index contributed by atoms with van der Waals surface area (Å²) in [6.45, 7) is 3.34. The predicted molar refractivity (Wildman–Crippen MR) is 121 cm³/mol. The van der Waals surface area contributed by atoms with Gasteiger partial charge in [0.05, 0.1) is 12.8 Å². The van der Waals surface area contributed by atoms with E-state index in [1.165, 1.54) is 0 Å². The van der Waals surface area contributed by atoms with Crippen LogP contribution in [-0.2, 0) is 21.4 Å². The smallest absolute Gasteiger partial charge is 0.253 e. The normalized spacial score (nSPS) is 14.5. The second-order valence-electron chi connectivity index (χ2n) is 8.00. The predicted octanol–water partition coefficient (Wildman–Crippen LogP) is 3.02. The van der Waals surface area contributed by atoms with Gasteiger partial charge >= 0.3 is 0 Å². The Labute approximate surface area is 184 Å². The number of carbonyl (C=O) groups is 2. The highest BCUT2D eigenvalue weighted by Crippen LogP contribution is 2.16. The summed E-state index contributed by atoms with van der Waals surface area (Å²) in [6.07, 6.45) is 4.30. The van der Waals surface area contributed by atoms with E-state index < -0.39 is 15.9 Å². The van der Waals surface area contributed by atoms with Crippen molar-refractivity contribution >= 4 is 27.5 Å². The maximum atomic E-state index is 12.5. The first-order valence-electron chi connectivity index (χ1n) is 10.4. The minimum absolute atomic E-state index is 0.000995. The molecule has 0 bridgehead atoms. The first kappa shape index (κ1) is 23.0. The van der Waals surface area contributed by atoms with Crippen molar-refractivity contribution < 1.29 is 18.0 Å². The summed E-state index contributed by atoms with van der Waals surface area (Å²) in [5.74, 6) is -0.438. The lowest BCUT2D eigenvalue weighted by atomic mass is 10.1. The minimum Gasteiger partial charge on any atom is -0.339 e. The number of amides is 2. The number of piperidine rings is 1. The molecule has 166 valence electrons. The van der Waals surface area contributed by atoms with E-state index >= 15 is 0 Å². The van der Waals surface area contributed by atoms with Gasteiger partial charge in [-0.1, -0.05) is 29.8 Å². The van der Waals surface area contributed by atoms with Crippen LogP contribution in [0, 0.1) is 6.92 Å². The molecule has 0 unspecified atom stereocenters. The molecule has 0 spiro atoms. The van der Waals surface area contributed by atoms with Crippen molar-refractivity contribution in [3.63, 3.8) is 0 Å². The van der Waals surface area contributed by atoms with Crippen molar-refractivity contribution in [2.24, 2.45) is 0 Å². The van der Waals surface area contributed by atoms with Gasteiger partial charge in [0.25, 0.3) is 5.91 Å². The van der Waals surface area contributed by atoms with E-state index in [9.17, 15) is 18.0 Å². The van der Waals surface area contributed by atoms with Gasteiger partial charge in [0, 0.05) is 30.9 Å². The minimum atomic E-state index is -3.57. The number of nitrogens with zero attached hydrogens (tertiary/aromatic N) is 2. The molecule has 2 aromatic carbocycles. The van der Waals surface area contributed by atoms with Gasteiger partial charge in [0.1, 0.15) is 0 Å². The zero-order valence-electron chi connectivity index (χ0n) is 18.0. The number of nitrogens with one attached hydrogen (secondary N) is 1. The Morgan fingerprint density at radius 2 is 1.58 bits per heavy atom. The molecule has 7 nitrogen and oxygen atoms in total. The number of rotatable bonds is 7. The number of likely N-dealkylation sites (tertiary alicyclic amines) is 1. The monoisotopic (exact) mass is 443 g/mol. The molecular formula is C23H29N3O4S. The third-order valence-electron chi connectivity index (χ3n) is 5.33. The molecule has 0 saturated carbocycles. The van der Waals surface area contributed by atoms with E-state index in [1.807, 2.05) is 36.1 Å². The molecule has 1 saturated heterocycles. The Morgan fingerprint density at radius 3 is 2.16 bits per heavy atom. The first-order valence-corrected chi connectivity index (χ1v) is 12.3. The van der Waals surface area contributed by atoms with Crippen LogP contribution in [0.1, 0.15) is 40.7 Å². The highest BCUT2D eigenvalue weighted by atomic mass is 32.2. The molecule has 3 rings (SSSR count). The average Bonchev–Trinajstić information content (AvgIpc) is 2.75. The molecule has 2 amide bonds. The summed E-state index contributed by atoms with van der Waals surface area (Å²) < 4.78 is 25.5. The second-order valence-corrected chi connectivity index (χ2v) is 9.98. The standard InChI is InChI=1S/C23H29N3O4S/c1-18-6-8-19(9-7-18)16-26(31(2,29)30)17-22(27)24-21-12-10-20(11-13-21)23(28)25-14-4-3-5-15-25/h6-13H,3-5,14-17H2,1-2H3,(H,24,27). The lowest BCUT2D eigenvalue weighted by molar-refractivity contribution is -0.116. The Bertz CT molecular complexity index is 1010. The molecule has 0 radical (unpaired) electrons. The zero-order valence-corrected chi connectivity index (χ0v) is 18.8. The average molecular weight is 444 g/mol. The van der Waals surface area contributed by atoms with E-state index in [-0.39, 0.29) is 19.0 Å². The third-order valence-corrected chi connectivity index (χ3v) is 6.52. The topological polar surface area (TPSA) is 86.8 Å². The summed E-state index contributed by atoms with van der Waals surface area (Å²) in [4.78, 5) is 26.9. The van der Waals surface area contributed by atoms with Crippen LogP contribution in [-0.4, -0.2) is 55.3 Å². The number of sulfonamides is 1. The molecule has 31 heavy (non-hydrogen) atoms. The lowest BCUT2D eigenvalue weighted by Crippen LogP contribution is -2.37. The summed E-state index contributed by atoms with van der Waals surface area (Å²) in [7, 11) is -3.57. The molecule has 1 fully saturated rings. The summed E-state index contributed by atoms with van der Waals surface area (Å²) in [6, 6.07) is 14.2. The van der Waals surface area contributed by atoms with Gasteiger partial charge in [-0.15, -0.1) is 0 Å². The van der Waals surface area contributed by atoms with E-state index in [1.54, 1.807) is 24.3 Å². The van der Waals surface area contributed by atoms with Crippen LogP contribution in [0.3, 0.4) is 0 Å². The molecule has 1 aliphatic heterocycles. The molecular weight excluding hydrogens is 414 g/mol. The summed E-state index contributed by atoms with van der Waals surface area (Å²) in [5.41, 5.74) is 2.99. The van der Waals surface area contributed by atoms with Crippen LogP contribution < -0.4 is 5.32 Å². The fourth-order valence-corrected chi connectivity index (χ4v) is 4.26. The van der Waals surface area contributed by atoms with Crippen LogP contribution in [0.2, 0.25) is 0 Å². The molecule has 0 aliphatic carbocycles. The fraction of sp³-hybridized carbons (Fsp3) is 0.391. The molecule has 0 aromatic heterocycles. The van der Waals surface area contributed by atoms with Crippen LogP contribution >= 0.6 is 0 Å². The first-order chi connectivity index (χ1) is 14.7. The summed E-state index contributed by atoms with van der Waals surface area (Å²) >= 11 is 0. The summed E-state index contributed by atoms with van der Waals surface area (Å²) in [5, 5.41) is 2.72. The van der Waals surface area contributed by atoms with E-state index in [4.69, 9.17) is 0 Å². The zero-order chi connectivity index (χ0) is 22.4. The number of hydrogen-bond acceptors (Lipinski definition) is 4. The molecule has 1 N–H and O–H groups in total.